The molecular formula is C32H39N3O4. The summed E-state index contributed by atoms with van der Waals surface area (Å²) in [6, 6.07) is 25.9. The highest BCUT2D eigenvalue weighted by Crippen LogP contribution is 2.35. The smallest absolute Gasteiger partial charge is 0.325 e. The minimum atomic E-state index is -0.432. The number of amides is 1. The van der Waals surface area contributed by atoms with Crippen molar-refractivity contribution < 1.29 is 19.4 Å². The summed E-state index contributed by atoms with van der Waals surface area (Å²) in [5.74, 6) is -0.464. The molecule has 1 heterocycles. The first-order valence-electron chi connectivity index (χ1n) is 13.6. The first-order valence-corrected chi connectivity index (χ1v) is 13.6. The highest BCUT2D eigenvalue weighted by molar-refractivity contribution is 5.96. The van der Waals surface area contributed by atoms with Crippen LogP contribution in [0.25, 0.3) is 0 Å². The third-order valence-corrected chi connectivity index (χ3v) is 7.38. The molecule has 1 aliphatic rings. The lowest BCUT2D eigenvalue weighted by Gasteiger charge is -2.47. The molecule has 0 radical (unpaired) electrons. The summed E-state index contributed by atoms with van der Waals surface area (Å²) in [6.45, 7) is 9.03. The summed E-state index contributed by atoms with van der Waals surface area (Å²) < 4.78 is 5.01. The number of phenols is 1. The summed E-state index contributed by atoms with van der Waals surface area (Å²) in [7, 11) is 1.61. The molecule has 7 heteroatoms. The molecule has 3 aromatic carbocycles. The molecule has 0 spiro atoms. The number of hydrogen-bond acceptors (Lipinski definition) is 6. The maximum absolute atomic E-state index is 13.2. The van der Waals surface area contributed by atoms with Gasteiger partial charge < -0.3 is 14.7 Å². The highest BCUT2D eigenvalue weighted by atomic mass is 16.5. The van der Waals surface area contributed by atoms with Gasteiger partial charge in [0.05, 0.1) is 12.6 Å². The van der Waals surface area contributed by atoms with Crippen molar-refractivity contribution in [2.45, 2.75) is 45.4 Å². The van der Waals surface area contributed by atoms with E-state index >= 15 is 0 Å². The molecule has 39 heavy (non-hydrogen) atoms. The van der Waals surface area contributed by atoms with E-state index in [0.717, 1.165) is 30.8 Å². The van der Waals surface area contributed by atoms with Gasteiger partial charge in [-0.3, -0.25) is 19.4 Å². The molecule has 3 atom stereocenters. The van der Waals surface area contributed by atoms with Crippen molar-refractivity contribution in [2.75, 3.05) is 33.3 Å². The van der Waals surface area contributed by atoms with Crippen LogP contribution in [0.15, 0.2) is 78.9 Å². The Labute approximate surface area is 231 Å². The fourth-order valence-electron chi connectivity index (χ4n) is 5.43. The molecule has 1 N–H and O–H groups in total. The van der Waals surface area contributed by atoms with E-state index < -0.39 is 5.97 Å². The van der Waals surface area contributed by atoms with Crippen molar-refractivity contribution in [2.24, 2.45) is 0 Å². The fraction of sp³-hybridized carbons (Fsp3) is 0.375. The highest BCUT2D eigenvalue weighted by Gasteiger charge is 2.35. The zero-order valence-electron chi connectivity index (χ0n) is 23.3. The Morgan fingerprint density at radius 2 is 1.64 bits per heavy atom. The SMILES string of the molecule is CCOC(=O)CN(C)C(=O)c1cccc(C(c2cccc(O)c2)N2C[C@@H](C)N(Cc3ccccc3)C[C@@H]2C)c1. The number of carbonyl (C=O) groups excluding carboxylic acids is 2. The topological polar surface area (TPSA) is 73.3 Å². The first-order chi connectivity index (χ1) is 18.8. The average molecular weight is 530 g/mol. The third kappa shape index (κ3) is 7.05. The fourth-order valence-corrected chi connectivity index (χ4v) is 5.43. The second-order valence-electron chi connectivity index (χ2n) is 10.4. The lowest BCUT2D eigenvalue weighted by molar-refractivity contribution is -0.143. The Balaban J connectivity index is 1.62. The summed E-state index contributed by atoms with van der Waals surface area (Å²) in [6.07, 6.45) is 0. The molecule has 0 aliphatic carbocycles. The number of rotatable bonds is 9. The Bertz CT molecular complexity index is 1270. The average Bonchev–Trinajstić information content (AvgIpc) is 2.92. The lowest BCUT2D eigenvalue weighted by atomic mass is 9.92. The van der Waals surface area contributed by atoms with E-state index in [0.29, 0.717) is 11.6 Å². The van der Waals surface area contributed by atoms with Gasteiger partial charge in [0, 0.05) is 44.3 Å². The maximum Gasteiger partial charge on any atom is 0.325 e. The molecule has 1 saturated heterocycles. The van der Waals surface area contributed by atoms with E-state index in [1.54, 1.807) is 32.2 Å². The van der Waals surface area contributed by atoms with Gasteiger partial charge >= 0.3 is 5.97 Å². The Hall–Kier alpha value is -3.68. The number of carbonyl (C=O) groups is 2. The summed E-state index contributed by atoms with van der Waals surface area (Å²) in [5.41, 5.74) is 3.74. The van der Waals surface area contributed by atoms with Crippen molar-refractivity contribution in [3.8, 4) is 5.75 Å². The Kier molecular flexibility index (Phi) is 9.38. The van der Waals surface area contributed by atoms with Gasteiger partial charge in [-0.1, -0.05) is 54.6 Å². The van der Waals surface area contributed by atoms with E-state index in [4.69, 9.17) is 4.74 Å². The van der Waals surface area contributed by atoms with Gasteiger partial charge in [-0.15, -0.1) is 0 Å². The summed E-state index contributed by atoms with van der Waals surface area (Å²) in [5, 5.41) is 10.3. The van der Waals surface area contributed by atoms with Crippen molar-refractivity contribution >= 4 is 11.9 Å². The molecule has 0 aromatic heterocycles. The molecular weight excluding hydrogens is 490 g/mol. The van der Waals surface area contributed by atoms with Crippen molar-refractivity contribution in [3.63, 3.8) is 0 Å². The van der Waals surface area contributed by atoms with Crippen LogP contribution < -0.4 is 0 Å². The van der Waals surface area contributed by atoms with Gasteiger partial charge in [-0.25, -0.2) is 0 Å². The van der Waals surface area contributed by atoms with Crippen LogP contribution in [0.2, 0.25) is 0 Å². The molecule has 7 nitrogen and oxygen atoms in total. The number of phenolic OH excluding ortho intramolecular Hbond substituents is 1. The number of ether oxygens (including phenoxy) is 1. The standard InChI is InChI=1S/C32H39N3O4/c1-5-39-30(37)22-33(4)32(38)28-15-9-13-26(17-28)31(27-14-10-16-29(36)18-27)35-20-23(2)34(19-24(35)3)21-25-11-7-6-8-12-25/h6-18,23-24,31,36H,5,19-22H2,1-4H3/t23-,24+,31?/m1/s1. The van der Waals surface area contributed by atoms with E-state index in [-0.39, 0.29) is 36.9 Å². The van der Waals surface area contributed by atoms with Crippen LogP contribution in [0.3, 0.4) is 0 Å². The minimum Gasteiger partial charge on any atom is -0.508 e. The van der Waals surface area contributed by atoms with Crippen LogP contribution in [0.1, 0.15) is 53.9 Å². The largest absolute Gasteiger partial charge is 0.508 e. The number of nitrogens with zero attached hydrogens (tertiary/aromatic N) is 3. The summed E-state index contributed by atoms with van der Waals surface area (Å²) >= 11 is 0. The number of likely N-dealkylation sites (N-methyl/N-ethyl adjacent to an activating group) is 1. The van der Waals surface area contributed by atoms with E-state index in [1.165, 1.54) is 10.5 Å². The summed E-state index contributed by atoms with van der Waals surface area (Å²) in [4.78, 5) is 31.5. The van der Waals surface area contributed by atoms with Crippen molar-refractivity contribution in [1.82, 2.24) is 14.7 Å². The molecule has 3 aromatic rings. The second-order valence-corrected chi connectivity index (χ2v) is 10.4. The van der Waals surface area contributed by atoms with Gasteiger partial charge in [0.2, 0.25) is 0 Å². The molecule has 1 amide bonds. The Morgan fingerprint density at radius 1 is 0.949 bits per heavy atom. The number of esters is 1. The molecule has 1 fully saturated rings. The van der Waals surface area contributed by atoms with Crippen LogP contribution in [0.5, 0.6) is 5.75 Å². The molecule has 0 saturated carbocycles. The molecule has 1 unspecified atom stereocenters. The molecule has 1 aliphatic heterocycles. The van der Waals surface area contributed by atoms with Gasteiger partial charge in [0.15, 0.2) is 0 Å². The van der Waals surface area contributed by atoms with Crippen LogP contribution in [0.4, 0.5) is 0 Å². The molecule has 206 valence electrons. The minimum absolute atomic E-state index is 0.106. The van der Waals surface area contributed by atoms with Crippen molar-refractivity contribution in [1.29, 1.82) is 0 Å². The predicted octanol–water partition coefficient (Wildman–Crippen LogP) is 4.71. The number of aromatic hydroxyl groups is 1. The number of hydrogen-bond donors (Lipinski definition) is 1. The zero-order valence-corrected chi connectivity index (χ0v) is 23.3. The number of benzene rings is 3. The lowest BCUT2D eigenvalue weighted by Crippen LogP contribution is -2.56. The zero-order chi connectivity index (χ0) is 27.9. The molecule has 4 rings (SSSR count). The van der Waals surface area contributed by atoms with Crippen LogP contribution >= 0.6 is 0 Å². The first kappa shape index (κ1) is 28.3. The van der Waals surface area contributed by atoms with E-state index in [9.17, 15) is 14.7 Å². The van der Waals surface area contributed by atoms with Crippen LogP contribution in [-0.4, -0.2) is 77.1 Å². The predicted molar refractivity (Wildman–Crippen MR) is 152 cm³/mol. The maximum atomic E-state index is 13.2. The van der Waals surface area contributed by atoms with Gasteiger partial charge in [-0.2, -0.15) is 0 Å². The number of piperazine rings is 1. The third-order valence-electron chi connectivity index (χ3n) is 7.38. The van der Waals surface area contributed by atoms with Gasteiger partial charge in [0.25, 0.3) is 5.91 Å². The quantitative estimate of drug-likeness (QED) is 0.405. The van der Waals surface area contributed by atoms with Crippen LogP contribution in [0, 0.1) is 0 Å². The normalized spacial score (nSPS) is 18.9. The second kappa shape index (κ2) is 12.9. The van der Waals surface area contributed by atoms with Gasteiger partial charge in [-0.05, 0) is 61.7 Å². The van der Waals surface area contributed by atoms with Gasteiger partial charge in [0.1, 0.15) is 12.3 Å². The molecule has 0 bridgehead atoms. The van der Waals surface area contributed by atoms with Crippen molar-refractivity contribution in [3.05, 3.63) is 101 Å². The van der Waals surface area contributed by atoms with E-state index in [2.05, 4.69) is 47.9 Å². The monoisotopic (exact) mass is 529 g/mol. The van der Waals surface area contributed by atoms with Crippen LogP contribution in [-0.2, 0) is 16.1 Å². The van der Waals surface area contributed by atoms with E-state index in [1.807, 2.05) is 36.4 Å². The Morgan fingerprint density at radius 3 is 2.33 bits per heavy atom.